The molecule has 39 heavy (non-hydrogen) atoms. The molecule has 10 heteroatoms. The number of carbonyl (C=O) groups excluding carboxylic acids is 1. The van der Waals surface area contributed by atoms with Gasteiger partial charge < -0.3 is 20.1 Å². The Labute approximate surface area is 238 Å². The first kappa shape index (κ1) is 28.8. The number of nitrogens with one attached hydrogen (secondary N) is 1. The van der Waals surface area contributed by atoms with Crippen LogP contribution in [0.2, 0.25) is 10.0 Å². The number of ether oxygens (including phenoxy) is 1. The Balaban J connectivity index is 1.51. The third-order valence-electron chi connectivity index (χ3n) is 6.75. The number of carboxylic acid groups (broad SMARTS) is 1. The fraction of sp³-hybridized carbons (Fsp3) is 0.379. The predicted molar refractivity (Wildman–Crippen MR) is 153 cm³/mol. The van der Waals surface area contributed by atoms with E-state index in [4.69, 9.17) is 37.9 Å². The number of amides is 1. The summed E-state index contributed by atoms with van der Waals surface area (Å²) in [5, 5.41) is 13.1. The smallest absolute Gasteiger partial charge is 0.308 e. The van der Waals surface area contributed by atoms with Gasteiger partial charge in [0.15, 0.2) is 0 Å². The molecule has 0 bridgehead atoms. The Hall–Kier alpha value is -3.20. The first-order chi connectivity index (χ1) is 18.7. The summed E-state index contributed by atoms with van der Waals surface area (Å²) in [5.41, 5.74) is 3.48. The van der Waals surface area contributed by atoms with E-state index in [1.807, 2.05) is 43.3 Å². The number of carboxylic acids is 1. The summed E-state index contributed by atoms with van der Waals surface area (Å²) in [6, 6.07) is 12.2. The van der Waals surface area contributed by atoms with Gasteiger partial charge in [0.05, 0.1) is 22.2 Å². The van der Waals surface area contributed by atoms with E-state index in [1.165, 1.54) is 6.07 Å². The van der Waals surface area contributed by atoms with E-state index in [9.17, 15) is 14.7 Å². The van der Waals surface area contributed by atoms with Gasteiger partial charge in [-0.25, -0.2) is 9.97 Å². The minimum atomic E-state index is -0.903. The van der Waals surface area contributed by atoms with Gasteiger partial charge in [-0.3, -0.25) is 9.59 Å². The minimum Gasteiger partial charge on any atom is -0.481 e. The molecule has 0 atom stereocenters. The lowest BCUT2D eigenvalue weighted by atomic mass is 9.92. The Morgan fingerprint density at radius 3 is 2.41 bits per heavy atom. The number of carbonyl (C=O) groups is 2. The van der Waals surface area contributed by atoms with Crippen molar-refractivity contribution in [2.45, 2.75) is 38.5 Å². The second kappa shape index (κ2) is 13.2. The number of hydrogen-bond donors (Lipinski definition) is 2. The fourth-order valence-electron chi connectivity index (χ4n) is 4.66. The molecule has 0 spiro atoms. The van der Waals surface area contributed by atoms with Gasteiger partial charge in [-0.05, 0) is 67.5 Å². The molecule has 1 aliphatic heterocycles. The zero-order valence-electron chi connectivity index (χ0n) is 22.0. The molecule has 2 heterocycles. The van der Waals surface area contributed by atoms with Crippen LogP contribution in [-0.2, 0) is 28.8 Å². The SMILES string of the molecule is CN(C)c1nc(Cc2ccc(NC(=O)c3ccc(Cl)c(Cl)c3)cc2)nc(CCC2CCOCC2)c1CC(=O)O. The summed E-state index contributed by atoms with van der Waals surface area (Å²) in [5.74, 6) is 0.616. The summed E-state index contributed by atoms with van der Waals surface area (Å²) in [6.45, 7) is 1.54. The fourth-order valence-corrected chi connectivity index (χ4v) is 4.96. The van der Waals surface area contributed by atoms with E-state index in [-0.39, 0.29) is 12.3 Å². The molecule has 3 aromatic rings. The maximum absolute atomic E-state index is 12.6. The van der Waals surface area contributed by atoms with E-state index in [0.717, 1.165) is 43.7 Å². The molecule has 2 aromatic carbocycles. The molecule has 0 radical (unpaired) electrons. The second-order valence-electron chi connectivity index (χ2n) is 9.90. The van der Waals surface area contributed by atoms with Crippen LogP contribution in [0.4, 0.5) is 11.5 Å². The number of aromatic nitrogens is 2. The van der Waals surface area contributed by atoms with Crippen LogP contribution in [0, 0.1) is 5.92 Å². The molecule has 0 unspecified atom stereocenters. The van der Waals surface area contributed by atoms with Crippen molar-refractivity contribution in [3.8, 4) is 0 Å². The van der Waals surface area contributed by atoms with Gasteiger partial charge in [0, 0.05) is 50.5 Å². The third kappa shape index (κ3) is 7.91. The number of benzene rings is 2. The Bertz CT molecular complexity index is 1330. The lowest BCUT2D eigenvalue weighted by Gasteiger charge is -2.23. The first-order valence-corrected chi connectivity index (χ1v) is 13.7. The van der Waals surface area contributed by atoms with Gasteiger partial charge in [-0.1, -0.05) is 35.3 Å². The monoisotopic (exact) mass is 570 g/mol. The van der Waals surface area contributed by atoms with E-state index in [1.54, 1.807) is 12.1 Å². The van der Waals surface area contributed by atoms with Crippen molar-refractivity contribution in [2.24, 2.45) is 5.92 Å². The van der Waals surface area contributed by atoms with Crippen LogP contribution in [-0.4, -0.2) is 54.3 Å². The van der Waals surface area contributed by atoms with Crippen LogP contribution in [0.5, 0.6) is 0 Å². The number of hydrogen-bond acceptors (Lipinski definition) is 6. The summed E-state index contributed by atoms with van der Waals surface area (Å²) < 4.78 is 5.48. The topological polar surface area (TPSA) is 105 Å². The normalized spacial score (nSPS) is 13.7. The van der Waals surface area contributed by atoms with Crippen LogP contribution in [0.3, 0.4) is 0 Å². The molecule has 1 aliphatic rings. The van der Waals surface area contributed by atoms with Crippen molar-refractivity contribution < 1.29 is 19.4 Å². The molecule has 0 saturated carbocycles. The molecular formula is C29H32Cl2N4O4. The minimum absolute atomic E-state index is 0.121. The van der Waals surface area contributed by atoms with Crippen LogP contribution < -0.4 is 10.2 Å². The largest absolute Gasteiger partial charge is 0.481 e. The lowest BCUT2D eigenvalue weighted by Crippen LogP contribution is -2.21. The van der Waals surface area contributed by atoms with Crippen LogP contribution in [0.1, 0.15) is 52.3 Å². The number of nitrogens with zero attached hydrogens (tertiary/aromatic N) is 3. The summed E-state index contributed by atoms with van der Waals surface area (Å²) in [6.07, 6.45) is 4.01. The van der Waals surface area contributed by atoms with E-state index < -0.39 is 5.97 Å². The highest BCUT2D eigenvalue weighted by molar-refractivity contribution is 6.42. The molecular weight excluding hydrogens is 539 g/mol. The standard InChI is InChI=1S/C29H32Cl2N4O4/c1-35(2)28-22(17-27(36)37)25(10-5-18-11-13-39-14-12-18)33-26(34-28)15-19-3-7-21(8-4-19)32-29(38)20-6-9-23(30)24(31)16-20/h3-4,6-9,16,18H,5,10-15,17H2,1-2H3,(H,32,38)(H,36,37). The maximum Gasteiger partial charge on any atom is 0.308 e. The van der Waals surface area contributed by atoms with Gasteiger partial charge in [0.2, 0.25) is 0 Å². The zero-order chi connectivity index (χ0) is 27.9. The maximum atomic E-state index is 12.6. The number of rotatable bonds is 10. The number of aryl methyl sites for hydroxylation is 1. The first-order valence-electron chi connectivity index (χ1n) is 12.9. The van der Waals surface area contributed by atoms with Crippen molar-refractivity contribution in [3.63, 3.8) is 0 Å². The second-order valence-corrected chi connectivity index (χ2v) is 10.7. The number of halogens is 2. The third-order valence-corrected chi connectivity index (χ3v) is 7.49. The highest BCUT2D eigenvalue weighted by Gasteiger charge is 2.21. The lowest BCUT2D eigenvalue weighted by molar-refractivity contribution is -0.136. The average molecular weight is 572 g/mol. The van der Waals surface area contributed by atoms with Crippen molar-refractivity contribution >= 4 is 46.6 Å². The number of anilines is 2. The molecule has 4 rings (SSSR count). The van der Waals surface area contributed by atoms with Crippen molar-refractivity contribution in [3.05, 3.63) is 80.7 Å². The molecule has 1 fully saturated rings. The Morgan fingerprint density at radius 2 is 1.77 bits per heavy atom. The van der Waals surface area contributed by atoms with Crippen LogP contribution in [0.15, 0.2) is 42.5 Å². The van der Waals surface area contributed by atoms with Crippen molar-refractivity contribution in [2.75, 3.05) is 37.5 Å². The highest BCUT2D eigenvalue weighted by Crippen LogP contribution is 2.27. The predicted octanol–water partition coefficient (Wildman–Crippen LogP) is 5.68. The highest BCUT2D eigenvalue weighted by atomic mass is 35.5. The van der Waals surface area contributed by atoms with Crippen molar-refractivity contribution in [1.29, 1.82) is 0 Å². The average Bonchev–Trinajstić information content (AvgIpc) is 2.91. The summed E-state index contributed by atoms with van der Waals surface area (Å²) in [7, 11) is 3.73. The van der Waals surface area contributed by atoms with E-state index in [2.05, 4.69) is 5.32 Å². The molecule has 206 valence electrons. The van der Waals surface area contributed by atoms with Gasteiger partial charge in [0.25, 0.3) is 5.91 Å². The molecule has 1 amide bonds. The molecule has 2 N–H and O–H groups in total. The quantitative estimate of drug-likeness (QED) is 0.323. The Kier molecular flexibility index (Phi) is 9.78. The van der Waals surface area contributed by atoms with Crippen LogP contribution >= 0.6 is 23.2 Å². The molecule has 1 aromatic heterocycles. The van der Waals surface area contributed by atoms with Gasteiger partial charge in [-0.2, -0.15) is 0 Å². The Morgan fingerprint density at radius 1 is 1.05 bits per heavy atom. The van der Waals surface area contributed by atoms with Gasteiger partial charge in [-0.15, -0.1) is 0 Å². The van der Waals surface area contributed by atoms with Gasteiger partial charge in [0.1, 0.15) is 11.6 Å². The van der Waals surface area contributed by atoms with E-state index in [0.29, 0.717) is 57.3 Å². The van der Waals surface area contributed by atoms with Crippen molar-refractivity contribution in [1.82, 2.24) is 9.97 Å². The zero-order valence-corrected chi connectivity index (χ0v) is 23.6. The molecule has 1 saturated heterocycles. The molecule has 8 nitrogen and oxygen atoms in total. The molecule has 0 aliphatic carbocycles. The van der Waals surface area contributed by atoms with Gasteiger partial charge >= 0.3 is 5.97 Å². The summed E-state index contributed by atoms with van der Waals surface area (Å²) >= 11 is 12.0. The number of aliphatic carboxylic acids is 1. The van der Waals surface area contributed by atoms with E-state index >= 15 is 0 Å². The summed E-state index contributed by atoms with van der Waals surface area (Å²) in [4.78, 5) is 35.7. The van der Waals surface area contributed by atoms with Crippen LogP contribution in [0.25, 0.3) is 0 Å².